The number of halogens is 2. The third-order valence-corrected chi connectivity index (χ3v) is 3.38. The number of amides is 1. The normalized spacial score (nSPS) is 15.6. The highest BCUT2D eigenvalue weighted by molar-refractivity contribution is 6.29. The second-order valence-electron chi connectivity index (χ2n) is 4.44. The van der Waals surface area contributed by atoms with Crippen molar-refractivity contribution in [2.75, 3.05) is 30.5 Å². The van der Waals surface area contributed by atoms with Crippen molar-refractivity contribution in [2.24, 2.45) is 0 Å². The number of alkyl halides is 1. The van der Waals surface area contributed by atoms with Crippen molar-refractivity contribution >= 4 is 23.2 Å². The molecule has 6 heteroatoms. The van der Waals surface area contributed by atoms with E-state index in [1.807, 2.05) is 6.92 Å². The molecule has 1 fully saturated rings. The number of benzene rings is 1. The van der Waals surface area contributed by atoms with Gasteiger partial charge in [-0.1, -0.05) is 6.92 Å². The summed E-state index contributed by atoms with van der Waals surface area (Å²) in [6.45, 7) is 3.18. The molecule has 1 aromatic carbocycles. The molecule has 1 aromatic rings. The van der Waals surface area contributed by atoms with Crippen molar-refractivity contribution in [1.82, 2.24) is 0 Å². The van der Waals surface area contributed by atoms with Crippen LogP contribution in [0.4, 0.5) is 10.1 Å². The summed E-state index contributed by atoms with van der Waals surface area (Å²) in [5.41, 5.74) is 1.40. The third-order valence-electron chi connectivity index (χ3n) is 3.15. The van der Waals surface area contributed by atoms with Crippen LogP contribution in [-0.4, -0.2) is 37.8 Å². The van der Waals surface area contributed by atoms with Crippen LogP contribution in [0.15, 0.2) is 18.2 Å². The van der Waals surface area contributed by atoms with E-state index in [0.29, 0.717) is 25.3 Å². The summed E-state index contributed by atoms with van der Waals surface area (Å²) in [5, 5.41) is 0. The van der Waals surface area contributed by atoms with E-state index in [4.69, 9.17) is 21.1 Å². The summed E-state index contributed by atoms with van der Waals surface area (Å²) in [7, 11) is 0. The molecule has 4 nitrogen and oxygen atoms in total. The minimum atomic E-state index is -0.461. The van der Waals surface area contributed by atoms with Crippen molar-refractivity contribution in [3.05, 3.63) is 29.6 Å². The molecule has 1 heterocycles. The Labute approximate surface area is 122 Å². The van der Waals surface area contributed by atoms with E-state index in [1.165, 1.54) is 17.0 Å². The Morgan fingerprint density at radius 2 is 2.15 bits per heavy atom. The second kappa shape index (κ2) is 7.02. The van der Waals surface area contributed by atoms with Crippen molar-refractivity contribution in [2.45, 2.75) is 19.6 Å². The minimum absolute atomic E-state index is 0.146. The summed E-state index contributed by atoms with van der Waals surface area (Å²) in [6.07, 6.45) is 0.155. The SMILES string of the molecule is CCc1cc(F)ccc1N(CC1OCCO1)C(=O)CCl. The summed E-state index contributed by atoms with van der Waals surface area (Å²) < 4.78 is 24.0. The Hall–Kier alpha value is -1.17. The highest BCUT2D eigenvalue weighted by Gasteiger charge is 2.25. The predicted molar refractivity (Wildman–Crippen MR) is 74.5 cm³/mol. The molecule has 0 radical (unpaired) electrons. The van der Waals surface area contributed by atoms with Crippen LogP contribution in [0, 0.1) is 5.82 Å². The van der Waals surface area contributed by atoms with Crippen molar-refractivity contribution < 1.29 is 18.7 Å². The lowest BCUT2D eigenvalue weighted by molar-refractivity contribution is -0.117. The second-order valence-corrected chi connectivity index (χ2v) is 4.70. The molecular weight excluding hydrogens is 285 g/mol. The van der Waals surface area contributed by atoms with E-state index in [2.05, 4.69) is 0 Å². The number of aryl methyl sites for hydroxylation is 1. The molecule has 1 amide bonds. The fourth-order valence-electron chi connectivity index (χ4n) is 2.17. The maximum Gasteiger partial charge on any atom is 0.242 e. The number of nitrogens with zero attached hydrogens (tertiary/aromatic N) is 1. The quantitative estimate of drug-likeness (QED) is 0.784. The molecule has 1 aliphatic heterocycles. The summed E-state index contributed by atoms with van der Waals surface area (Å²) in [5.74, 6) is -0.725. The first-order valence-electron chi connectivity index (χ1n) is 6.53. The smallest absolute Gasteiger partial charge is 0.242 e. The molecule has 2 rings (SSSR count). The predicted octanol–water partition coefficient (Wildman–Crippen LogP) is 2.33. The Morgan fingerprint density at radius 1 is 1.45 bits per heavy atom. The van der Waals surface area contributed by atoms with E-state index in [0.717, 1.165) is 5.56 Å². The van der Waals surface area contributed by atoms with Crippen LogP contribution in [0.1, 0.15) is 12.5 Å². The van der Waals surface area contributed by atoms with Gasteiger partial charge in [0.2, 0.25) is 5.91 Å². The molecule has 1 aliphatic rings. The largest absolute Gasteiger partial charge is 0.348 e. The van der Waals surface area contributed by atoms with E-state index >= 15 is 0 Å². The van der Waals surface area contributed by atoms with E-state index in [9.17, 15) is 9.18 Å². The number of ether oxygens (including phenoxy) is 2. The van der Waals surface area contributed by atoms with Gasteiger partial charge >= 0.3 is 0 Å². The lowest BCUT2D eigenvalue weighted by Crippen LogP contribution is -2.39. The van der Waals surface area contributed by atoms with Crippen LogP contribution in [-0.2, 0) is 20.7 Å². The molecule has 1 saturated heterocycles. The highest BCUT2D eigenvalue weighted by atomic mass is 35.5. The van der Waals surface area contributed by atoms with Crippen LogP contribution >= 0.6 is 11.6 Å². The van der Waals surface area contributed by atoms with Crippen LogP contribution in [0.5, 0.6) is 0 Å². The molecule has 0 unspecified atom stereocenters. The Kier molecular flexibility index (Phi) is 5.34. The molecular formula is C14H17ClFNO3. The molecule has 20 heavy (non-hydrogen) atoms. The summed E-state index contributed by atoms with van der Waals surface area (Å²) in [6, 6.07) is 4.35. The molecule has 0 saturated carbocycles. The van der Waals surface area contributed by atoms with Gasteiger partial charge in [-0.25, -0.2) is 4.39 Å². The first kappa shape index (κ1) is 15.2. The Morgan fingerprint density at radius 3 is 2.75 bits per heavy atom. The van der Waals surface area contributed by atoms with Gasteiger partial charge in [-0.15, -0.1) is 11.6 Å². The Balaban J connectivity index is 2.27. The standard InChI is InChI=1S/C14H17ClFNO3/c1-2-10-7-11(16)3-4-12(10)17(13(18)8-15)9-14-19-5-6-20-14/h3-4,7,14H,2,5-6,8-9H2,1H3. The zero-order valence-electron chi connectivity index (χ0n) is 11.3. The number of hydrogen-bond acceptors (Lipinski definition) is 3. The molecule has 0 N–H and O–H groups in total. The number of carbonyl (C=O) groups is 1. The first-order chi connectivity index (χ1) is 9.65. The number of rotatable bonds is 5. The van der Waals surface area contributed by atoms with Gasteiger partial charge in [-0.3, -0.25) is 4.79 Å². The lowest BCUT2D eigenvalue weighted by atomic mass is 10.1. The van der Waals surface area contributed by atoms with Gasteiger partial charge in [0.05, 0.1) is 19.8 Å². The van der Waals surface area contributed by atoms with Gasteiger partial charge in [-0.2, -0.15) is 0 Å². The van der Waals surface area contributed by atoms with E-state index < -0.39 is 6.29 Å². The van der Waals surface area contributed by atoms with Crippen LogP contribution in [0.3, 0.4) is 0 Å². The number of hydrogen-bond donors (Lipinski definition) is 0. The minimum Gasteiger partial charge on any atom is -0.348 e. The van der Waals surface area contributed by atoms with Gasteiger partial charge in [0.15, 0.2) is 6.29 Å². The van der Waals surface area contributed by atoms with Crippen LogP contribution in [0.25, 0.3) is 0 Å². The fraction of sp³-hybridized carbons (Fsp3) is 0.500. The average Bonchev–Trinajstić information content (AvgIpc) is 2.97. The highest BCUT2D eigenvalue weighted by Crippen LogP contribution is 2.24. The monoisotopic (exact) mass is 301 g/mol. The van der Waals surface area contributed by atoms with E-state index in [1.54, 1.807) is 6.07 Å². The van der Waals surface area contributed by atoms with Crippen LogP contribution < -0.4 is 4.90 Å². The van der Waals surface area contributed by atoms with Gasteiger partial charge in [-0.05, 0) is 30.2 Å². The van der Waals surface area contributed by atoms with Crippen molar-refractivity contribution in [3.63, 3.8) is 0 Å². The van der Waals surface area contributed by atoms with Crippen molar-refractivity contribution in [3.8, 4) is 0 Å². The number of carbonyl (C=O) groups excluding carboxylic acids is 1. The van der Waals surface area contributed by atoms with Gasteiger partial charge in [0.25, 0.3) is 0 Å². The Bertz CT molecular complexity index is 477. The average molecular weight is 302 g/mol. The fourth-order valence-corrected chi connectivity index (χ4v) is 2.31. The zero-order valence-corrected chi connectivity index (χ0v) is 12.0. The molecule has 110 valence electrons. The van der Waals surface area contributed by atoms with Gasteiger partial charge < -0.3 is 14.4 Å². The topological polar surface area (TPSA) is 38.8 Å². The molecule has 0 aliphatic carbocycles. The lowest BCUT2D eigenvalue weighted by Gasteiger charge is -2.26. The zero-order chi connectivity index (χ0) is 14.5. The third kappa shape index (κ3) is 3.48. The van der Waals surface area contributed by atoms with Gasteiger partial charge in [0, 0.05) is 5.69 Å². The molecule has 0 spiro atoms. The maximum absolute atomic E-state index is 13.3. The van der Waals surface area contributed by atoms with E-state index in [-0.39, 0.29) is 24.1 Å². The maximum atomic E-state index is 13.3. The van der Waals surface area contributed by atoms with Gasteiger partial charge in [0.1, 0.15) is 11.7 Å². The molecule has 0 atom stereocenters. The van der Waals surface area contributed by atoms with Crippen LogP contribution in [0.2, 0.25) is 0 Å². The molecule has 0 bridgehead atoms. The van der Waals surface area contributed by atoms with Crippen molar-refractivity contribution in [1.29, 1.82) is 0 Å². The summed E-state index contributed by atoms with van der Waals surface area (Å²) >= 11 is 5.66. The molecule has 0 aromatic heterocycles. The first-order valence-corrected chi connectivity index (χ1v) is 7.07. The summed E-state index contributed by atoms with van der Waals surface area (Å²) in [4.78, 5) is 13.5. The number of anilines is 1.